The first-order valence-corrected chi connectivity index (χ1v) is 11.4. The maximum absolute atomic E-state index is 12.4. The fourth-order valence-electron chi connectivity index (χ4n) is 3.97. The minimum atomic E-state index is -0.386. The van der Waals surface area contributed by atoms with Gasteiger partial charge in [-0.15, -0.1) is 0 Å². The molecule has 4 rings (SSSR count). The second-order valence-corrected chi connectivity index (χ2v) is 8.76. The van der Waals surface area contributed by atoms with E-state index >= 15 is 0 Å². The van der Waals surface area contributed by atoms with Crippen LogP contribution >= 0.6 is 11.6 Å². The van der Waals surface area contributed by atoms with Crippen molar-refractivity contribution >= 4 is 35.3 Å². The van der Waals surface area contributed by atoms with Crippen molar-refractivity contribution in [2.45, 2.75) is 57.3 Å². The Morgan fingerprint density at radius 1 is 1.23 bits per heavy atom. The summed E-state index contributed by atoms with van der Waals surface area (Å²) in [4.78, 5) is 35.9. The number of hydrogen-bond acceptors (Lipinski definition) is 6. The van der Waals surface area contributed by atoms with Crippen molar-refractivity contribution in [3.8, 4) is 0 Å². The maximum atomic E-state index is 12.4. The summed E-state index contributed by atoms with van der Waals surface area (Å²) in [6.07, 6.45) is 11.1. The van der Waals surface area contributed by atoms with Crippen molar-refractivity contribution in [2.75, 3.05) is 25.0 Å². The number of carbonyl (C=O) groups excluding carboxylic acids is 2. The number of amides is 2. The quantitative estimate of drug-likeness (QED) is 0.491. The zero-order valence-electron chi connectivity index (χ0n) is 17.5. The van der Waals surface area contributed by atoms with E-state index in [9.17, 15) is 9.59 Å². The van der Waals surface area contributed by atoms with Crippen molar-refractivity contribution in [1.29, 1.82) is 0 Å². The molecule has 2 amide bonds. The fraction of sp³-hybridized carbons (Fsp3) is 0.591. The molecule has 1 aliphatic carbocycles. The molecule has 1 unspecified atom stereocenters. The van der Waals surface area contributed by atoms with Crippen LogP contribution in [0.5, 0.6) is 0 Å². The van der Waals surface area contributed by atoms with Gasteiger partial charge in [0.15, 0.2) is 6.29 Å². The van der Waals surface area contributed by atoms with Gasteiger partial charge in [-0.3, -0.25) is 9.59 Å². The number of nitrogens with one attached hydrogen (secondary N) is 2. The van der Waals surface area contributed by atoms with Gasteiger partial charge in [0.05, 0.1) is 5.02 Å². The Kier molecular flexibility index (Phi) is 7.42. The van der Waals surface area contributed by atoms with Gasteiger partial charge < -0.3 is 15.0 Å². The summed E-state index contributed by atoms with van der Waals surface area (Å²) in [5.74, 6) is 0.718. The fourth-order valence-corrected chi connectivity index (χ4v) is 4.20. The first kappa shape index (κ1) is 22.0. The summed E-state index contributed by atoms with van der Waals surface area (Å²) in [5.41, 5.74) is 3.08. The molecular formula is C22H29ClN4O4. The predicted molar refractivity (Wildman–Crippen MR) is 117 cm³/mol. The van der Waals surface area contributed by atoms with Crippen LogP contribution < -0.4 is 10.8 Å². The Morgan fingerprint density at radius 2 is 2.10 bits per heavy atom. The third kappa shape index (κ3) is 5.96. The summed E-state index contributed by atoms with van der Waals surface area (Å²) in [6.45, 7) is 2.10. The SMILES string of the molecule is O=C(C=Cc1cnc(N[C@@H]2CCN(C(=O)C3CCC3)C2)c(Cl)c1)NOC1CCCCO1. The van der Waals surface area contributed by atoms with E-state index in [-0.39, 0.29) is 30.1 Å². The van der Waals surface area contributed by atoms with E-state index in [0.29, 0.717) is 29.6 Å². The molecule has 8 nitrogen and oxygen atoms in total. The van der Waals surface area contributed by atoms with E-state index < -0.39 is 0 Å². The van der Waals surface area contributed by atoms with E-state index in [1.165, 1.54) is 6.08 Å². The zero-order chi connectivity index (χ0) is 21.6. The van der Waals surface area contributed by atoms with E-state index in [1.54, 1.807) is 18.3 Å². The molecule has 1 aromatic heterocycles. The maximum Gasteiger partial charge on any atom is 0.267 e. The van der Waals surface area contributed by atoms with Gasteiger partial charge in [-0.25, -0.2) is 15.3 Å². The highest BCUT2D eigenvalue weighted by Crippen LogP contribution is 2.30. The number of rotatable bonds is 7. The van der Waals surface area contributed by atoms with Crippen LogP contribution in [0.4, 0.5) is 5.82 Å². The Morgan fingerprint density at radius 3 is 2.81 bits per heavy atom. The molecule has 2 atom stereocenters. The molecule has 0 bridgehead atoms. The van der Waals surface area contributed by atoms with Crippen LogP contribution in [0.1, 0.15) is 50.5 Å². The van der Waals surface area contributed by atoms with Gasteiger partial charge in [0.25, 0.3) is 5.91 Å². The lowest BCUT2D eigenvalue weighted by molar-refractivity contribution is -0.198. The number of pyridine rings is 1. The monoisotopic (exact) mass is 448 g/mol. The van der Waals surface area contributed by atoms with Gasteiger partial charge in [-0.2, -0.15) is 0 Å². The number of aromatic nitrogens is 1. The molecule has 31 heavy (non-hydrogen) atoms. The van der Waals surface area contributed by atoms with Crippen LogP contribution in [0.25, 0.3) is 6.08 Å². The van der Waals surface area contributed by atoms with E-state index in [4.69, 9.17) is 21.2 Å². The molecule has 1 aromatic rings. The van der Waals surface area contributed by atoms with Gasteiger partial charge in [0.2, 0.25) is 5.91 Å². The number of anilines is 1. The average molecular weight is 449 g/mol. The smallest absolute Gasteiger partial charge is 0.267 e. The number of hydroxylamine groups is 1. The lowest BCUT2D eigenvalue weighted by Gasteiger charge is -2.29. The standard InChI is InChI=1S/C22H29ClN4O4/c23-18-12-15(7-8-19(28)26-31-20-6-1-2-11-30-20)13-24-21(18)25-17-9-10-27(14-17)22(29)16-4-3-5-16/h7-8,12-13,16-17,20H,1-6,9-11,14H2,(H,24,25)(H,26,28)/t17-,20?/m1/s1. The summed E-state index contributed by atoms with van der Waals surface area (Å²) in [7, 11) is 0. The number of likely N-dealkylation sites (tertiary alicyclic amines) is 1. The lowest BCUT2D eigenvalue weighted by atomic mass is 9.84. The number of carbonyl (C=O) groups is 2. The Balaban J connectivity index is 1.24. The molecule has 3 fully saturated rings. The molecule has 1 saturated carbocycles. The van der Waals surface area contributed by atoms with Crippen LogP contribution in [-0.4, -0.2) is 53.7 Å². The zero-order valence-corrected chi connectivity index (χ0v) is 18.3. The molecule has 2 saturated heterocycles. The Labute approximate surface area is 187 Å². The van der Waals surface area contributed by atoms with Crippen LogP contribution in [0, 0.1) is 5.92 Å². The van der Waals surface area contributed by atoms with E-state index in [1.807, 2.05) is 4.90 Å². The van der Waals surface area contributed by atoms with Gasteiger partial charge in [0, 0.05) is 50.3 Å². The predicted octanol–water partition coefficient (Wildman–Crippen LogP) is 3.14. The molecule has 3 aliphatic rings. The Bertz CT molecular complexity index is 824. The van der Waals surface area contributed by atoms with E-state index in [2.05, 4.69) is 15.8 Å². The van der Waals surface area contributed by atoms with Crippen molar-refractivity contribution in [1.82, 2.24) is 15.4 Å². The number of nitrogens with zero attached hydrogens (tertiary/aromatic N) is 2. The molecule has 0 radical (unpaired) electrons. The minimum Gasteiger partial charge on any atom is -0.364 e. The van der Waals surface area contributed by atoms with Gasteiger partial charge >= 0.3 is 0 Å². The lowest BCUT2D eigenvalue weighted by Crippen LogP contribution is -2.38. The molecule has 2 N–H and O–H groups in total. The molecule has 0 spiro atoms. The van der Waals surface area contributed by atoms with Crippen LogP contribution in [0.3, 0.4) is 0 Å². The average Bonchev–Trinajstić information content (AvgIpc) is 3.21. The highest BCUT2D eigenvalue weighted by molar-refractivity contribution is 6.33. The first-order chi connectivity index (χ1) is 15.1. The summed E-state index contributed by atoms with van der Waals surface area (Å²) >= 11 is 6.39. The highest BCUT2D eigenvalue weighted by Gasteiger charge is 2.33. The number of hydrogen-bond donors (Lipinski definition) is 2. The molecule has 2 aliphatic heterocycles. The highest BCUT2D eigenvalue weighted by atomic mass is 35.5. The second-order valence-electron chi connectivity index (χ2n) is 8.35. The summed E-state index contributed by atoms with van der Waals surface area (Å²) < 4.78 is 5.40. The number of ether oxygens (including phenoxy) is 1. The third-order valence-electron chi connectivity index (χ3n) is 6.01. The minimum absolute atomic E-state index is 0.139. The van der Waals surface area contributed by atoms with Crippen molar-refractivity contribution in [3.05, 3.63) is 28.9 Å². The molecular weight excluding hydrogens is 420 g/mol. The third-order valence-corrected chi connectivity index (χ3v) is 6.30. The van der Waals surface area contributed by atoms with Crippen molar-refractivity contribution < 1.29 is 19.2 Å². The van der Waals surface area contributed by atoms with E-state index in [0.717, 1.165) is 51.5 Å². The molecule has 3 heterocycles. The second kappa shape index (κ2) is 10.4. The largest absolute Gasteiger partial charge is 0.364 e. The summed E-state index contributed by atoms with van der Waals surface area (Å²) in [5, 5.41) is 3.81. The normalized spacial score (nSPS) is 24.2. The summed E-state index contributed by atoms with van der Waals surface area (Å²) in [6, 6.07) is 1.89. The van der Waals surface area contributed by atoms with Crippen LogP contribution in [0.2, 0.25) is 5.02 Å². The van der Waals surface area contributed by atoms with Gasteiger partial charge in [0.1, 0.15) is 5.82 Å². The topological polar surface area (TPSA) is 92.8 Å². The number of halogens is 1. The molecule has 9 heteroatoms. The molecule has 168 valence electrons. The van der Waals surface area contributed by atoms with Gasteiger partial charge in [-0.05, 0) is 49.8 Å². The van der Waals surface area contributed by atoms with Crippen molar-refractivity contribution in [2.24, 2.45) is 5.92 Å². The van der Waals surface area contributed by atoms with Gasteiger partial charge in [-0.1, -0.05) is 18.0 Å². The van der Waals surface area contributed by atoms with Crippen molar-refractivity contribution in [3.63, 3.8) is 0 Å². The Hall–Kier alpha value is -2.16. The molecule has 0 aromatic carbocycles. The van der Waals surface area contributed by atoms with Crippen LogP contribution in [-0.2, 0) is 19.2 Å². The van der Waals surface area contributed by atoms with Crippen LogP contribution in [0.15, 0.2) is 18.3 Å². The first-order valence-electron chi connectivity index (χ1n) is 11.0.